The molecule has 0 saturated heterocycles. The molecule has 1 aliphatic rings. The van der Waals surface area contributed by atoms with Crippen molar-refractivity contribution in [1.82, 2.24) is 4.90 Å². The smallest absolute Gasteiger partial charge is 0.341 e. The van der Waals surface area contributed by atoms with Crippen molar-refractivity contribution in [2.45, 2.75) is 37.6 Å². The molecular weight excluding hydrogens is 364 g/mol. The third-order valence-electron chi connectivity index (χ3n) is 5.12. The number of hydrogen-bond acceptors (Lipinski definition) is 7. The molecule has 1 aromatic carbocycles. The van der Waals surface area contributed by atoms with Crippen LogP contribution in [0.1, 0.15) is 42.5 Å². The highest BCUT2D eigenvalue weighted by molar-refractivity contribution is 5.97. The summed E-state index contributed by atoms with van der Waals surface area (Å²) in [5, 5.41) is 20.6. The molecule has 28 heavy (non-hydrogen) atoms. The fraction of sp³-hybridized carbons (Fsp3) is 0.526. The number of nitrogens with zero attached hydrogens (tertiary/aromatic N) is 4. The number of benzene rings is 1. The van der Waals surface area contributed by atoms with Gasteiger partial charge in [-0.15, -0.1) is 0 Å². The molecule has 0 atom stereocenters. The molecule has 0 N–H and O–H groups in total. The minimum atomic E-state index is -0.873. The van der Waals surface area contributed by atoms with Crippen molar-refractivity contribution in [2.75, 3.05) is 32.6 Å². The standard InChI is InChI=1S/C19H24N4O5/c1-21(2)16-8-7-14(23(26)27)11-15(16)18(25)28-12-17(24)22(3)19(13-20)9-5-4-6-10-19/h7-8,11H,4-6,9-10,12H2,1-3H3. The molecule has 0 unspecified atom stereocenters. The number of anilines is 1. The van der Waals surface area contributed by atoms with Gasteiger partial charge >= 0.3 is 5.97 Å². The Morgan fingerprint density at radius 2 is 1.89 bits per heavy atom. The van der Waals surface area contributed by atoms with E-state index in [-0.39, 0.29) is 11.3 Å². The van der Waals surface area contributed by atoms with Crippen LogP contribution in [0.5, 0.6) is 0 Å². The number of nitro groups is 1. The zero-order valence-corrected chi connectivity index (χ0v) is 16.3. The Morgan fingerprint density at radius 3 is 2.43 bits per heavy atom. The maximum atomic E-state index is 12.5. The maximum absolute atomic E-state index is 12.5. The fourth-order valence-corrected chi connectivity index (χ4v) is 3.39. The van der Waals surface area contributed by atoms with Crippen molar-refractivity contribution < 1.29 is 19.2 Å². The SMILES string of the molecule is CN(C)c1ccc([N+](=O)[O-])cc1C(=O)OCC(=O)N(C)C1(C#N)CCCCC1. The number of nitro benzene ring substituents is 1. The van der Waals surface area contributed by atoms with Gasteiger partial charge in [0.25, 0.3) is 11.6 Å². The monoisotopic (exact) mass is 388 g/mol. The highest BCUT2D eigenvalue weighted by Gasteiger charge is 2.39. The topological polar surface area (TPSA) is 117 Å². The largest absolute Gasteiger partial charge is 0.452 e. The van der Waals surface area contributed by atoms with Crippen LogP contribution in [0.15, 0.2) is 18.2 Å². The molecular formula is C19H24N4O5. The molecule has 1 aromatic rings. The number of likely N-dealkylation sites (N-methyl/N-ethyl adjacent to an activating group) is 1. The van der Waals surface area contributed by atoms with Crippen molar-refractivity contribution in [2.24, 2.45) is 0 Å². The van der Waals surface area contributed by atoms with E-state index in [2.05, 4.69) is 6.07 Å². The molecule has 9 nitrogen and oxygen atoms in total. The Hall–Kier alpha value is -3.15. The lowest BCUT2D eigenvalue weighted by Gasteiger charge is -2.38. The second kappa shape index (κ2) is 8.69. The summed E-state index contributed by atoms with van der Waals surface area (Å²) in [6, 6.07) is 6.12. The van der Waals surface area contributed by atoms with Gasteiger partial charge in [0.2, 0.25) is 0 Å². The molecule has 1 saturated carbocycles. The predicted molar refractivity (Wildman–Crippen MR) is 102 cm³/mol. The van der Waals surface area contributed by atoms with Gasteiger partial charge in [-0.3, -0.25) is 14.9 Å². The first-order valence-corrected chi connectivity index (χ1v) is 9.02. The van der Waals surface area contributed by atoms with Crippen molar-refractivity contribution in [3.05, 3.63) is 33.9 Å². The first kappa shape index (κ1) is 21.2. The molecule has 0 heterocycles. The molecule has 0 aliphatic heterocycles. The van der Waals surface area contributed by atoms with Crippen molar-refractivity contribution >= 4 is 23.3 Å². The Labute approximate surface area is 163 Å². The highest BCUT2D eigenvalue weighted by atomic mass is 16.6. The molecule has 0 bridgehead atoms. The quantitative estimate of drug-likeness (QED) is 0.417. The predicted octanol–water partition coefficient (Wildman–Crippen LogP) is 2.50. The van der Waals surface area contributed by atoms with Crippen LogP contribution in [-0.2, 0) is 9.53 Å². The van der Waals surface area contributed by atoms with Crippen molar-refractivity contribution in [1.29, 1.82) is 5.26 Å². The van der Waals surface area contributed by atoms with Crippen LogP contribution in [0.2, 0.25) is 0 Å². The Morgan fingerprint density at radius 1 is 1.25 bits per heavy atom. The van der Waals surface area contributed by atoms with E-state index >= 15 is 0 Å². The number of carbonyl (C=O) groups excluding carboxylic acids is 2. The Bertz CT molecular complexity index is 809. The van der Waals surface area contributed by atoms with Gasteiger partial charge < -0.3 is 14.5 Å². The lowest BCUT2D eigenvalue weighted by atomic mass is 9.81. The van der Waals surface area contributed by atoms with E-state index in [4.69, 9.17) is 4.74 Å². The molecule has 1 amide bonds. The number of esters is 1. The zero-order valence-electron chi connectivity index (χ0n) is 16.3. The number of nitriles is 1. The average Bonchev–Trinajstić information content (AvgIpc) is 2.70. The molecule has 9 heteroatoms. The second-order valence-electron chi connectivity index (χ2n) is 7.09. The van der Waals surface area contributed by atoms with E-state index in [1.54, 1.807) is 26.0 Å². The number of non-ortho nitro benzene ring substituents is 1. The van der Waals surface area contributed by atoms with E-state index < -0.39 is 28.9 Å². The summed E-state index contributed by atoms with van der Waals surface area (Å²) in [6.45, 7) is -0.533. The van der Waals surface area contributed by atoms with Crippen LogP contribution in [-0.4, -0.2) is 55.0 Å². The first-order chi connectivity index (χ1) is 13.2. The van der Waals surface area contributed by atoms with Gasteiger partial charge in [-0.05, 0) is 18.9 Å². The highest BCUT2D eigenvalue weighted by Crippen LogP contribution is 2.32. The third kappa shape index (κ3) is 4.39. The van der Waals surface area contributed by atoms with Crippen molar-refractivity contribution in [3.8, 4) is 6.07 Å². The van der Waals surface area contributed by atoms with Crippen LogP contribution in [0.3, 0.4) is 0 Å². The van der Waals surface area contributed by atoms with E-state index in [0.717, 1.165) is 25.3 Å². The molecule has 0 aromatic heterocycles. The molecule has 0 spiro atoms. The van der Waals surface area contributed by atoms with Gasteiger partial charge in [0.05, 0.1) is 22.2 Å². The summed E-state index contributed by atoms with van der Waals surface area (Å²) in [7, 11) is 4.93. The van der Waals surface area contributed by atoms with E-state index in [9.17, 15) is 25.0 Å². The van der Waals surface area contributed by atoms with Gasteiger partial charge in [-0.25, -0.2) is 4.79 Å². The van der Waals surface area contributed by atoms with E-state index in [0.29, 0.717) is 18.5 Å². The summed E-state index contributed by atoms with van der Waals surface area (Å²) in [4.78, 5) is 38.4. The zero-order chi connectivity index (χ0) is 20.9. The Balaban J connectivity index is 2.13. The van der Waals surface area contributed by atoms with Crippen molar-refractivity contribution in [3.63, 3.8) is 0 Å². The normalized spacial score (nSPS) is 15.2. The maximum Gasteiger partial charge on any atom is 0.341 e. The van der Waals surface area contributed by atoms with Crippen LogP contribution < -0.4 is 4.90 Å². The Kier molecular flexibility index (Phi) is 6.57. The summed E-state index contributed by atoms with van der Waals surface area (Å²) in [6.07, 6.45) is 3.95. The van der Waals surface area contributed by atoms with Crippen LogP contribution in [0, 0.1) is 21.4 Å². The fourth-order valence-electron chi connectivity index (χ4n) is 3.39. The van der Waals surface area contributed by atoms with E-state index in [1.807, 2.05) is 0 Å². The lowest BCUT2D eigenvalue weighted by Crippen LogP contribution is -2.51. The minimum absolute atomic E-state index is 0.00214. The molecule has 150 valence electrons. The number of rotatable bonds is 6. The first-order valence-electron chi connectivity index (χ1n) is 9.02. The molecule has 2 rings (SSSR count). The number of hydrogen-bond donors (Lipinski definition) is 0. The molecule has 1 aliphatic carbocycles. The third-order valence-corrected chi connectivity index (χ3v) is 5.12. The number of ether oxygens (including phenoxy) is 1. The summed E-state index contributed by atoms with van der Waals surface area (Å²) in [5.41, 5.74) is -0.673. The summed E-state index contributed by atoms with van der Waals surface area (Å²) in [5.74, 6) is -1.31. The summed E-state index contributed by atoms with van der Waals surface area (Å²) >= 11 is 0. The van der Waals surface area contributed by atoms with Gasteiger partial charge in [0.1, 0.15) is 5.54 Å². The van der Waals surface area contributed by atoms with Gasteiger partial charge in [-0.1, -0.05) is 19.3 Å². The van der Waals surface area contributed by atoms with E-state index in [1.165, 1.54) is 17.0 Å². The number of carbonyl (C=O) groups is 2. The molecule has 0 radical (unpaired) electrons. The van der Waals surface area contributed by atoms with Crippen LogP contribution >= 0.6 is 0 Å². The van der Waals surface area contributed by atoms with Crippen LogP contribution in [0.4, 0.5) is 11.4 Å². The average molecular weight is 388 g/mol. The minimum Gasteiger partial charge on any atom is -0.452 e. The van der Waals surface area contributed by atoms with Crippen LogP contribution in [0.25, 0.3) is 0 Å². The molecule has 1 fully saturated rings. The van der Waals surface area contributed by atoms with Gasteiger partial charge in [-0.2, -0.15) is 5.26 Å². The number of amides is 1. The summed E-state index contributed by atoms with van der Waals surface area (Å²) < 4.78 is 5.13. The van der Waals surface area contributed by atoms with Gasteiger partial charge in [0.15, 0.2) is 6.61 Å². The van der Waals surface area contributed by atoms with Gasteiger partial charge in [0, 0.05) is 33.3 Å². The lowest BCUT2D eigenvalue weighted by molar-refractivity contribution is -0.384. The second-order valence-corrected chi connectivity index (χ2v) is 7.09.